The monoisotopic (exact) mass is 366 g/mol. The fourth-order valence-electron chi connectivity index (χ4n) is 1.96. The van der Waals surface area contributed by atoms with Gasteiger partial charge in [0.05, 0.1) is 15.6 Å². The predicted molar refractivity (Wildman–Crippen MR) is 96.9 cm³/mol. The second kappa shape index (κ2) is 8.77. The summed E-state index contributed by atoms with van der Waals surface area (Å²) in [7, 11) is 0. The minimum Gasteiger partial charge on any atom is -0.352 e. The fraction of sp³-hybridized carbons (Fsp3) is 0.312. The number of halogens is 1. The van der Waals surface area contributed by atoms with Gasteiger partial charge in [-0.3, -0.25) is 9.59 Å². The molecule has 6 nitrogen and oxygen atoms in total. The van der Waals surface area contributed by atoms with Crippen LogP contribution < -0.4 is 16.4 Å². The highest BCUT2D eigenvalue weighted by molar-refractivity contribution is 7.09. The number of anilines is 1. The maximum Gasteiger partial charge on any atom is 0.275 e. The zero-order valence-electron chi connectivity index (χ0n) is 13.3. The second-order valence-corrected chi connectivity index (χ2v) is 6.42. The van der Waals surface area contributed by atoms with Crippen LogP contribution in [0.1, 0.15) is 39.2 Å². The van der Waals surface area contributed by atoms with Gasteiger partial charge in [0.25, 0.3) is 11.8 Å². The molecule has 8 heteroatoms. The molecule has 2 aromatic rings. The third kappa shape index (κ3) is 4.77. The molecule has 0 saturated carbocycles. The number of aromatic nitrogens is 1. The Kier molecular flexibility index (Phi) is 6.72. The average molecular weight is 367 g/mol. The molecular weight excluding hydrogens is 348 g/mol. The van der Waals surface area contributed by atoms with Gasteiger partial charge in [0.15, 0.2) is 0 Å². The lowest BCUT2D eigenvalue weighted by atomic mass is 10.2. The number of hydrogen-bond donors (Lipinski definition) is 3. The van der Waals surface area contributed by atoms with E-state index in [2.05, 4.69) is 15.6 Å². The Labute approximate surface area is 149 Å². The summed E-state index contributed by atoms with van der Waals surface area (Å²) in [5.74, 6) is -0.556. The van der Waals surface area contributed by atoms with Crippen LogP contribution in [0.2, 0.25) is 5.02 Å². The van der Waals surface area contributed by atoms with Gasteiger partial charge in [-0.05, 0) is 31.2 Å². The van der Waals surface area contributed by atoms with Crippen LogP contribution in [0.15, 0.2) is 23.6 Å². The molecule has 0 fully saturated rings. The first-order valence-corrected chi connectivity index (χ1v) is 8.84. The van der Waals surface area contributed by atoms with E-state index in [0.29, 0.717) is 36.5 Å². The molecule has 0 aliphatic rings. The van der Waals surface area contributed by atoms with Crippen molar-refractivity contribution in [1.82, 2.24) is 10.3 Å². The molecular formula is C16H19ClN4O2S. The van der Waals surface area contributed by atoms with Crippen molar-refractivity contribution in [2.75, 3.05) is 18.4 Å². The topological polar surface area (TPSA) is 97.1 Å². The molecule has 0 bridgehead atoms. The molecule has 0 atom stereocenters. The standard InChI is InChI=1S/C16H19ClN4O2S/c1-2-7-19-15(22)11-4-3-10(8-12(11)17)20-16(23)13-9-24-14(21-13)5-6-18/h3-4,8-9H,2,5-7,18H2,1H3,(H,19,22)(H,20,23). The first kappa shape index (κ1) is 18.4. The van der Waals surface area contributed by atoms with E-state index in [0.717, 1.165) is 11.4 Å². The van der Waals surface area contributed by atoms with Crippen molar-refractivity contribution in [3.05, 3.63) is 44.9 Å². The summed E-state index contributed by atoms with van der Waals surface area (Å²) in [6.45, 7) is 3.05. The third-order valence-electron chi connectivity index (χ3n) is 3.15. The molecule has 0 aliphatic heterocycles. The van der Waals surface area contributed by atoms with Crippen LogP contribution in [0.4, 0.5) is 5.69 Å². The highest BCUT2D eigenvalue weighted by atomic mass is 35.5. The molecule has 0 saturated heterocycles. The fourth-order valence-corrected chi connectivity index (χ4v) is 3.02. The maximum absolute atomic E-state index is 12.2. The van der Waals surface area contributed by atoms with Crippen LogP contribution in [-0.2, 0) is 6.42 Å². The van der Waals surface area contributed by atoms with E-state index >= 15 is 0 Å². The summed E-state index contributed by atoms with van der Waals surface area (Å²) in [6.07, 6.45) is 1.49. The number of carbonyl (C=O) groups excluding carboxylic acids is 2. The van der Waals surface area contributed by atoms with Gasteiger partial charge in [0.1, 0.15) is 5.69 Å². The van der Waals surface area contributed by atoms with Crippen molar-refractivity contribution in [2.24, 2.45) is 5.73 Å². The zero-order valence-corrected chi connectivity index (χ0v) is 14.8. The Morgan fingerprint density at radius 2 is 2.12 bits per heavy atom. The predicted octanol–water partition coefficient (Wildman–Crippen LogP) is 2.69. The van der Waals surface area contributed by atoms with E-state index in [1.165, 1.54) is 11.3 Å². The molecule has 0 radical (unpaired) electrons. The molecule has 128 valence electrons. The molecule has 1 aromatic heterocycles. The summed E-state index contributed by atoms with van der Waals surface area (Å²) in [4.78, 5) is 28.4. The van der Waals surface area contributed by atoms with Crippen molar-refractivity contribution in [1.29, 1.82) is 0 Å². The molecule has 2 rings (SSSR count). The smallest absolute Gasteiger partial charge is 0.275 e. The van der Waals surface area contributed by atoms with E-state index in [9.17, 15) is 9.59 Å². The Bertz CT molecular complexity index is 733. The minimum atomic E-state index is -0.325. The summed E-state index contributed by atoms with van der Waals surface area (Å²) >= 11 is 7.54. The first-order chi connectivity index (χ1) is 11.5. The van der Waals surface area contributed by atoms with Gasteiger partial charge < -0.3 is 16.4 Å². The van der Waals surface area contributed by atoms with Crippen molar-refractivity contribution in [2.45, 2.75) is 19.8 Å². The quantitative estimate of drug-likeness (QED) is 0.701. The molecule has 0 aliphatic carbocycles. The SMILES string of the molecule is CCCNC(=O)c1ccc(NC(=O)c2csc(CCN)n2)cc1Cl. The summed E-state index contributed by atoms with van der Waals surface area (Å²) in [5, 5.41) is 8.28. The number of nitrogens with zero attached hydrogens (tertiary/aromatic N) is 1. The van der Waals surface area contributed by atoms with Crippen LogP contribution in [0, 0.1) is 0 Å². The van der Waals surface area contributed by atoms with Gasteiger partial charge in [-0.2, -0.15) is 0 Å². The highest BCUT2D eigenvalue weighted by Gasteiger charge is 2.14. The number of amides is 2. The maximum atomic E-state index is 12.2. The van der Waals surface area contributed by atoms with E-state index in [1.54, 1.807) is 23.6 Å². The molecule has 1 heterocycles. The highest BCUT2D eigenvalue weighted by Crippen LogP contribution is 2.22. The number of rotatable bonds is 7. The third-order valence-corrected chi connectivity index (χ3v) is 4.37. The Morgan fingerprint density at radius 3 is 2.79 bits per heavy atom. The van der Waals surface area contributed by atoms with Crippen LogP contribution in [-0.4, -0.2) is 29.9 Å². The lowest BCUT2D eigenvalue weighted by Crippen LogP contribution is -2.24. The van der Waals surface area contributed by atoms with Crippen LogP contribution >= 0.6 is 22.9 Å². The molecule has 0 spiro atoms. The van der Waals surface area contributed by atoms with E-state index in [1.807, 2.05) is 6.92 Å². The van der Waals surface area contributed by atoms with Crippen LogP contribution in [0.25, 0.3) is 0 Å². The van der Waals surface area contributed by atoms with E-state index in [-0.39, 0.29) is 16.8 Å². The van der Waals surface area contributed by atoms with Gasteiger partial charge >= 0.3 is 0 Å². The summed E-state index contributed by atoms with van der Waals surface area (Å²) in [6, 6.07) is 4.77. The van der Waals surface area contributed by atoms with Crippen LogP contribution in [0.5, 0.6) is 0 Å². The number of carbonyl (C=O) groups is 2. The lowest BCUT2D eigenvalue weighted by molar-refractivity contribution is 0.0953. The molecule has 2 amide bonds. The summed E-state index contributed by atoms with van der Waals surface area (Å²) in [5.41, 5.74) is 6.69. The first-order valence-electron chi connectivity index (χ1n) is 7.58. The summed E-state index contributed by atoms with van der Waals surface area (Å²) < 4.78 is 0. The van der Waals surface area contributed by atoms with Gasteiger partial charge in [-0.15, -0.1) is 11.3 Å². The van der Waals surface area contributed by atoms with Gasteiger partial charge in [-0.25, -0.2) is 4.98 Å². The number of thiazole rings is 1. The lowest BCUT2D eigenvalue weighted by Gasteiger charge is -2.08. The molecule has 4 N–H and O–H groups in total. The number of nitrogens with one attached hydrogen (secondary N) is 2. The van der Waals surface area contributed by atoms with Gasteiger partial charge in [0.2, 0.25) is 0 Å². The zero-order chi connectivity index (χ0) is 17.5. The number of benzene rings is 1. The Morgan fingerprint density at radius 1 is 1.33 bits per heavy atom. The van der Waals surface area contributed by atoms with Crippen molar-refractivity contribution in [3.63, 3.8) is 0 Å². The Hall–Kier alpha value is -1.96. The largest absolute Gasteiger partial charge is 0.352 e. The average Bonchev–Trinajstić information content (AvgIpc) is 3.02. The van der Waals surface area contributed by atoms with Crippen LogP contribution in [0.3, 0.4) is 0 Å². The van der Waals surface area contributed by atoms with E-state index < -0.39 is 0 Å². The van der Waals surface area contributed by atoms with Crippen molar-refractivity contribution in [3.8, 4) is 0 Å². The number of hydrogen-bond acceptors (Lipinski definition) is 5. The van der Waals surface area contributed by atoms with Crippen molar-refractivity contribution < 1.29 is 9.59 Å². The van der Waals surface area contributed by atoms with E-state index in [4.69, 9.17) is 17.3 Å². The minimum absolute atomic E-state index is 0.231. The van der Waals surface area contributed by atoms with Gasteiger partial charge in [0, 0.05) is 24.0 Å². The van der Waals surface area contributed by atoms with Gasteiger partial charge in [-0.1, -0.05) is 18.5 Å². The van der Waals surface area contributed by atoms with Crippen molar-refractivity contribution >= 4 is 40.4 Å². The number of nitrogens with two attached hydrogens (primary N) is 1. The Balaban J connectivity index is 2.05. The second-order valence-electron chi connectivity index (χ2n) is 5.07. The normalized spacial score (nSPS) is 10.5. The molecule has 0 unspecified atom stereocenters. The molecule has 1 aromatic carbocycles. The molecule has 24 heavy (non-hydrogen) atoms.